The minimum absolute atomic E-state index is 0.232. The van der Waals surface area contributed by atoms with Crippen LogP contribution >= 0.6 is 0 Å². The Balaban J connectivity index is 2.37. The van der Waals surface area contributed by atoms with Crippen LogP contribution in [0.15, 0.2) is 42.5 Å². The van der Waals surface area contributed by atoms with Crippen LogP contribution in [-0.2, 0) is 4.79 Å². The van der Waals surface area contributed by atoms with Crippen molar-refractivity contribution in [3.8, 4) is 22.6 Å². The van der Waals surface area contributed by atoms with Gasteiger partial charge in [0.05, 0.1) is 7.11 Å². The Bertz CT molecular complexity index is 617. The van der Waals surface area contributed by atoms with Gasteiger partial charge in [0, 0.05) is 6.42 Å². The molecule has 0 unspecified atom stereocenters. The molecule has 0 bridgehead atoms. The van der Waals surface area contributed by atoms with Gasteiger partial charge in [-0.1, -0.05) is 25.1 Å². The molecule has 0 heterocycles. The Morgan fingerprint density at radius 3 is 2.60 bits per heavy atom. The molecule has 20 heavy (non-hydrogen) atoms. The zero-order valence-corrected chi connectivity index (χ0v) is 12.0. The number of carbonyl (C=O) groups is 1. The molecule has 3 nitrogen and oxygen atoms in total. The molecule has 0 aliphatic rings. The van der Waals surface area contributed by atoms with E-state index in [9.17, 15) is 4.79 Å². The largest absolute Gasteiger partial charge is 0.497 e. The van der Waals surface area contributed by atoms with Gasteiger partial charge in [0.2, 0.25) is 0 Å². The van der Waals surface area contributed by atoms with Crippen molar-refractivity contribution in [2.45, 2.75) is 20.3 Å². The third-order valence-corrected chi connectivity index (χ3v) is 3.11. The molecule has 0 N–H and O–H groups in total. The normalized spacial score (nSPS) is 10.2. The fraction of sp³-hybridized carbons (Fsp3) is 0.235. The smallest absolute Gasteiger partial charge is 0.310 e. The second kappa shape index (κ2) is 6.24. The van der Waals surface area contributed by atoms with Crippen LogP contribution in [0.2, 0.25) is 0 Å². The van der Waals surface area contributed by atoms with Gasteiger partial charge in [-0.3, -0.25) is 4.79 Å². The first-order chi connectivity index (χ1) is 9.63. The van der Waals surface area contributed by atoms with Crippen LogP contribution in [0.5, 0.6) is 11.5 Å². The lowest BCUT2D eigenvalue weighted by molar-refractivity contribution is -0.134. The fourth-order valence-electron chi connectivity index (χ4n) is 1.97. The molecule has 0 fully saturated rings. The van der Waals surface area contributed by atoms with Crippen molar-refractivity contribution in [3.05, 3.63) is 48.0 Å². The van der Waals surface area contributed by atoms with Gasteiger partial charge in [-0.2, -0.15) is 0 Å². The van der Waals surface area contributed by atoms with E-state index in [1.165, 1.54) is 0 Å². The minimum atomic E-state index is -0.232. The predicted octanol–water partition coefficient (Wildman–Crippen LogP) is 3.99. The topological polar surface area (TPSA) is 35.5 Å². The quantitative estimate of drug-likeness (QED) is 0.622. The van der Waals surface area contributed by atoms with Gasteiger partial charge < -0.3 is 9.47 Å². The van der Waals surface area contributed by atoms with E-state index in [1.54, 1.807) is 20.1 Å². The molecule has 0 atom stereocenters. The number of methoxy groups -OCH3 is 1. The highest BCUT2D eigenvalue weighted by Crippen LogP contribution is 2.30. The molecular weight excluding hydrogens is 252 g/mol. The maximum absolute atomic E-state index is 11.4. The Kier molecular flexibility index (Phi) is 4.41. The second-order valence-electron chi connectivity index (χ2n) is 4.54. The third kappa shape index (κ3) is 3.18. The van der Waals surface area contributed by atoms with Gasteiger partial charge in [-0.15, -0.1) is 0 Å². The summed E-state index contributed by atoms with van der Waals surface area (Å²) in [4.78, 5) is 11.4. The molecule has 104 valence electrons. The highest BCUT2D eigenvalue weighted by atomic mass is 16.5. The molecule has 0 aliphatic heterocycles. The predicted molar refractivity (Wildman–Crippen MR) is 79.1 cm³/mol. The lowest BCUT2D eigenvalue weighted by atomic mass is 10.00. The van der Waals surface area contributed by atoms with Crippen molar-refractivity contribution >= 4 is 5.97 Å². The van der Waals surface area contributed by atoms with Crippen LogP contribution in [0.1, 0.15) is 18.9 Å². The van der Waals surface area contributed by atoms with Crippen molar-refractivity contribution in [1.29, 1.82) is 0 Å². The SMILES string of the molecule is CCC(=O)Oc1cccc(-c2cc(OC)ccc2C)c1. The van der Waals surface area contributed by atoms with Gasteiger partial charge in [0.15, 0.2) is 0 Å². The van der Waals surface area contributed by atoms with Gasteiger partial charge in [-0.25, -0.2) is 0 Å². The molecule has 0 aromatic heterocycles. The number of rotatable bonds is 4. The first-order valence-electron chi connectivity index (χ1n) is 6.59. The van der Waals surface area contributed by atoms with E-state index in [0.29, 0.717) is 12.2 Å². The lowest BCUT2D eigenvalue weighted by Crippen LogP contribution is -2.05. The van der Waals surface area contributed by atoms with E-state index in [-0.39, 0.29) is 5.97 Å². The van der Waals surface area contributed by atoms with Gasteiger partial charge in [0.25, 0.3) is 0 Å². The van der Waals surface area contributed by atoms with Crippen LogP contribution < -0.4 is 9.47 Å². The summed E-state index contributed by atoms with van der Waals surface area (Å²) in [7, 11) is 1.65. The van der Waals surface area contributed by atoms with Crippen LogP contribution in [-0.4, -0.2) is 13.1 Å². The summed E-state index contributed by atoms with van der Waals surface area (Å²) in [6.45, 7) is 3.82. The van der Waals surface area contributed by atoms with Crippen molar-refractivity contribution in [1.82, 2.24) is 0 Å². The summed E-state index contributed by atoms with van der Waals surface area (Å²) >= 11 is 0. The molecular formula is C17H18O3. The van der Waals surface area contributed by atoms with E-state index < -0.39 is 0 Å². The van der Waals surface area contributed by atoms with E-state index in [0.717, 1.165) is 22.4 Å². The summed E-state index contributed by atoms with van der Waals surface area (Å²) < 4.78 is 10.5. The van der Waals surface area contributed by atoms with Crippen molar-refractivity contribution in [2.75, 3.05) is 7.11 Å². The summed E-state index contributed by atoms with van der Waals surface area (Å²) in [5, 5.41) is 0. The van der Waals surface area contributed by atoms with Gasteiger partial charge >= 0.3 is 5.97 Å². The molecule has 0 saturated heterocycles. The van der Waals surface area contributed by atoms with Crippen LogP contribution in [0.3, 0.4) is 0 Å². The van der Waals surface area contributed by atoms with E-state index >= 15 is 0 Å². The van der Waals surface area contributed by atoms with Gasteiger partial charge in [-0.05, 0) is 47.9 Å². The van der Waals surface area contributed by atoms with E-state index in [4.69, 9.17) is 9.47 Å². The fourth-order valence-corrected chi connectivity index (χ4v) is 1.97. The Hall–Kier alpha value is -2.29. The number of hydrogen-bond acceptors (Lipinski definition) is 3. The zero-order chi connectivity index (χ0) is 14.5. The maximum Gasteiger partial charge on any atom is 0.310 e. The monoisotopic (exact) mass is 270 g/mol. The lowest BCUT2D eigenvalue weighted by Gasteiger charge is -2.10. The number of benzene rings is 2. The van der Waals surface area contributed by atoms with E-state index in [1.807, 2.05) is 43.3 Å². The average Bonchev–Trinajstić information content (AvgIpc) is 2.48. The molecule has 0 amide bonds. The Morgan fingerprint density at radius 2 is 1.90 bits per heavy atom. The standard InChI is InChI=1S/C17H18O3/c1-4-17(18)20-15-7-5-6-13(10-15)16-11-14(19-3)9-8-12(16)2/h5-11H,4H2,1-3H3. The summed E-state index contributed by atoms with van der Waals surface area (Å²) in [5.41, 5.74) is 3.21. The molecule has 2 rings (SSSR count). The molecule has 3 heteroatoms. The van der Waals surface area contributed by atoms with Crippen molar-refractivity contribution < 1.29 is 14.3 Å². The summed E-state index contributed by atoms with van der Waals surface area (Å²) in [6, 6.07) is 13.5. The molecule has 0 spiro atoms. The number of hydrogen-bond donors (Lipinski definition) is 0. The molecule has 0 aliphatic carbocycles. The highest BCUT2D eigenvalue weighted by molar-refractivity contribution is 5.74. The number of esters is 1. The molecule has 2 aromatic carbocycles. The van der Waals surface area contributed by atoms with Crippen molar-refractivity contribution in [2.24, 2.45) is 0 Å². The molecule has 0 radical (unpaired) electrons. The zero-order valence-electron chi connectivity index (χ0n) is 12.0. The molecule has 0 saturated carbocycles. The molecule has 2 aromatic rings. The third-order valence-electron chi connectivity index (χ3n) is 3.11. The number of ether oxygens (including phenoxy) is 2. The van der Waals surface area contributed by atoms with Crippen LogP contribution in [0.25, 0.3) is 11.1 Å². The Morgan fingerprint density at radius 1 is 1.10 bits per heavy atom. The number of aryl methyl sites for hydroxylation is 1. The van der Waals surface area contributed by atoms with Crippen molar-refractivity contribution in [3.63, 3.8) is 0 Å². The van der Waals surface area contributed by atoms with Crippen LogP contribution in [0, 0.1) is 6.92 Å². The number of carbonyl (C=O) groups excluding carboxylic acids is 1. The van der Waals surface area contributed by atoms with E-state index in [2.05, 4.69) is 0 Å². The Labute approximate surface area is 119 Å². The first-order valence-corrected chi connectivity index (χ1v) is 6.59. The minimum Gasteiger partial charge on any atom is -0.497 e. The first kappa shape index (κ1) is 14.1. The average molecular weight is 270 g/mol. The second-order valence-corrected chi connectivity index (χ2v) is 4.54. The summed E-state index contributed by atoms with van der Waals surface area (Å²) in [6.07, 6.45) is 0.364. The summed E-state index contributed by atoms with van der Waals surface area (Å²) in [5.74, 6) is 1.14. The van der Waals surface area contributed by atoms with Gasteiger partial charge in [0.1, 0.15) is 11.5 Å². The van der Waals surface area contributed by atoms with Crippen LogP contribution in [0.4, 0.5) is 0 Å². The highest BCUT2D eigenvalue weighted by Gasteiger charge is 2.07. The maximum atomic E-state index is 11.4.